The number of hydrogen-bond donors (Lipinski definition) is 5. The van der Waals surface area contributed by atoms with Crippen molar-refractivity contribution < 1.29 is 33.8 Å². The van der Waals surface area contributed by atoms with Gasteiger partial charge in [0.1, 0.15) is 18.7 Å². The summed E-state index contributed by atoms with van der Waals surface area (Å²) in [6.45, 7) is 3.60. The molecular weight excluding hydrogens is 542 g/mol. The van der Waals surface area contributed by atoms with Gasteiger partial charge in [0.25, 0.3) is 0 Å². The van der Waals surface area contributed by atoms with Crippen LogP contribution in [0.1, 0.15) is 56.6 Å². The summed E-state index contributed by atoms with van der Waals surface area (Å²) in [7, 11) is 0. The number of urea groups is 1. The van der Waals surface area contributed by atoms with Crippen LogP contribution in [-0.2, 0) is 19.1 Å². The summed E-state index contributed by atoms with van der Waals surface area (Å²) < 4.78 is 5.63. The number of nitrogens with two attached hydrogens (primary N) is 2. The molecule has 42 heavy (non-hydrogen) atoms. The van der Waals surface area contributed by atoms with Gasteiger partial charge in [-0.3, -0.25) is 14.4 Å². The van der Waals surface area contributed by atoms with Gasteiger partial charge in [0.05, 0.1) is 0 Å². The monoisotopic (exact) mass is 581 g/mol. The highest BCUT2D eigenvalue weighted by Crippen LogP contribution is 2.44. The van der Waals surface area contributed by atoms with Gasteiger partial charge >= 0.3 is 18.1 Å². The highest BCUT2D eigenvalue weighted by Gasteiger charge is 2.36. The van der Waals surface area contributed by atoms with Gasteiger partial charge in [-0.2, -0.15) is 0 Å². The second-order valence-electron chi connectivity index (χ2n) is 10.6. The lowest BCUT2D eigenvalue weighted by molar-refractivity contribution is -0.143. The third kappa shape index (κ3) is 8.21. The van der Waals surface area contributed by atoms with Crippen molar-refractivity contribution in [2.24, 2.45) is 17.4 Å². The number of nitrogens with zero attached hydrogens (tertiary/aromatic N) is 1. The lowest BCUT2D eigenvalue weighted by Gasteiger charge is -2.34. The molecule has 5 amide bonds. The van der Waals surface area contributed by atoms with E-state index in [0.717, 1.165) is 22.3 Å². The van der Waals surface area contributed by atoms with Crippen molar-refractivity contribution in [1.29, 1.82) is 0 Å². The van der Waals surface area contributed by atoms with Crippen LogP contribution in [0.25, 0.3) is 11.1 Å². The van der Waals surface area contributed by atoms with Gasteiger partial charge in [0.2, 0.25) is 11.8 Å². The molecule has 0 saturated heterocycles. The molecule has 2 atom stereocenters. The van der Waals surface area contributed by atoms with Crippen LogP contribution >= 0.6 is 0 Å². The second-order valence-corrected chi connectivity index (χ2v) is 10.6. The number of carbonyl (C=O) groups is 5. The number of benzene rings is 2. The van der Waals surface area contributed by atoms with Crippen LogP contribution in [0.5, 0.6) is 0 Å². The lowest BCUT2D eigenvalue weighted by atomic mass is 9.98. The molecule has 0 spiro atoms. The molecule has 0 bridgehead atoms. The SMILES string of the molecule is CC(C)[C@H](NC(=O)OCC1c2ccccc2-c2ccccc21)C(=O)N(CCCC(=O)O)[C@@H](CCCNC(N)=O)C(N)=O. The average Bonchev–Trinajstić information content (AvgIpc) is 3.26. The first-order chi connectivity index (χ1) is 20.0. The minimum atomic E-state index is -1.09. The number of aliphatic carboxylic acids is 1. The fourth-order valence-corrected chi connectivity index (χ4v) is 5.24. The van der Waals surface area contributed by atoms with E-state index in [0.29, 0.717) is 0 Å². The molecule has 0 radical (unpaired) electrons. The van der Waals surface area contributed by atoms with Crippen LogP contribution in [0.4, 0.5) is 9.59 Å². The Morgan fingerprint density at radius 3 is 2.07 bits per heavy atom. The first-order valence-corrected chi connectivity index (χ1v) is 14.0. The van der Waals surface area contributed by atoms with Crippen molar-refractivity contribution in [2.75, 3.05) is 19.7 Å². The van der Waals surface area contributed by atoms with E-state index in [1.54, 1.807) is 13.8 Å². The Morgan fingerprint density at radius 1 is 0.952 bits per heavy atom. The van der Waals surface area contributed by atoms with Gasteiger partial charge in [-0.1, -0.05) is 62.4 Å². The van der Waals surface area contributed by atoms with Gasteiger partial charge in [0.15, 0.2) is 0 Å². The number of nitrogens with one attached hydrogen (secondary N) is 2. The number of carboxylic acid groups (broad SMARTS) is 1. The normalized spacial score (nSPS) is 13.4. The van der Waals surface area contributed by atoms with Gasteiger partial charge in [0, 0.05) is 25.4 Å². The number of amides is 5. The van der Waals surface area contributed by atoms with Gasteiger partial charge < -0.3 is 36.8 Å². The quantitative estimate of drug-likeness (QED) is 0.199. The van der Waals surface area contributed by atoms with Crippen LogP contribution in [-0.4, -0.2) is 71.7 Å². The van der Waals surface area contributed by atoms with Gasteiger partial charge in [-0.05, 0) is 47.4 Å². The van der Waals surface area contributed by atoms with E-state index in [2.05, 4.69) is 10.6 Å². The Labute approximate surface area is 244 Å². The summed E-state index contributed by atoms with van der Waals surface area (Å²) in [5.41, 5.74) is 15.0. The fraction of sp³-hybridized carbons (Fsp3) is 0.433. The zero-order valence-electron chi connectivity index (χ0n) is 23.9. The molecule has 2 aromatic rings. The highest BCUT2D eigenvalue weighted by molar-refractivity contribution is 5.91. The molecule has 0 aromatic heterocycles. The lowest BCUT2D eigenvalue weighted by Crippen LogP contribution is -2.57. The minimum absolute atomic E-state index is 0.0535. The number of rotatable bonds is 15. The van der Waals surface area contributed by atoms with E-state index in [9.17, 15) is 24.0 Å². The van der Waals surface area contributed by atoms with E-state index < -0.39 is 47.9 Å². The van der Waals surface area contributed by atoms with Crippen molar-refractivity contribution >= 4 is 29.9 Å². The molecule has 0 fully saturated rings. The number of alkyl carbamates (subject to hydrolysis) is 1. The van der Waals surface area contributed by atoms with E-state index in [1.165, 1.54) is 4.90 Å². The first-order valence-electron chi connectivity index (χ1n) is 14.0. The number of hydrogen-bond acceptors (Lipinski definition) is 6. The van der Waals surface area contributed by atoms with Crippen LogP contribution in [0.3, 0.4) is 0 Å². The maximum atomic E-state index is 13.8. The summed E-state index contributed by atoms with van der Waals surface area (Å²) in [4.78, 5) is 62.6. The van der Waals surface area contributed by atoms with Crippen LogP contribution in [0.15, 0.2) is 48.5 Å². The van der Waals surface area contributed by atoms with Gasteiger partial charge in [-0.25, -0.2) is 9.59 Å². The van der Waals surface area contributed by atoms with E-state index in [4.69, 9.17) is 21.3 Å². The standard InChI is InChI=1S/C30H39N5O7/c1-18(2)26(28(39)35(16-8-14-25(36)37)24(27(31)38)13-7-15-33-29(32)40)34-30(41)42-17-23-21-11-5-3-9-19(21)20-10-4-6-12-22(20)23/h3-6,9-12,18,23-24,26H,7-8,13-17H2,1-2H3,(H2,31,38)(H,34,41)(H,36,37)(H3,32,33,40)/t24-,26-/m0/s1. The molecule has 0 saturated carbocycles. The van der Waals surface area contributed by atoms with Crippen LogP contribution < -0.4 is 22.1 Å². The maximum absolute atomic E-state index is 13.8. The van der Waals surface area contributed by atoms with Crippen LogP contribution in [0, 0.1) is 5.92 Å². The second kappa shape index (κ2) is 14.9. The van der Waals surface area contributed by atoms with Crippen LogP contribution in [0.2, 0.25) is 0 Å². The fourth-order valence-electron chi connectivity index (χ4n) is 5.24. The van der Waals surface area contributed by atoms with Gasteiger partial charge in [-0.15, -0.1) is 0 Å². The topological polar surface area (TPSA) is 194 Å². The molecule has 7 N–H and O–H groups in total. The number of fused-ring (bicyclic) bond motifs is 3. The number of primary amides is 2. The van der Waals surface area contributed by atoms with E-state index in [1.807, 2.05) is 48.5 Å². The number of carbonyl (C=O) groups excluding carboxylic acids is 4. The predicted molar refractivity (Wildman–Crippen MR) is 155 cm³/mol. The largest absolute Gasteiger partial charge is 0.481 e. The highest BCUT2D eigenvalue weighted by atomic mass is 16.5. The first kappa shape index (κ1) is 31.9. The number of carboxylic acids is 1. The molecule has 3 rings (SSSR count). The Bertz CT molecular complexity index is 1250. The molecule has 0 heterocycles. The Kier molecular flexibility index (Phi) is 11.3. The molecule has 12 heteroatoms. The zero-order chi connectivity index (χ0) is 30.8. The van der Waals surface area contributed by atoms with Crippen molar-refractivity contribution in [3.63, 3.8) is 0 Å². The summed E-state index contributed by atoms with van der Waals surface area (Å²) in [6.07, 6.45) is -0.573. The summed E-state index contributed by atoms with van der Waals surface area (Å²) in [5, 5.41) is 14.2. The van der Waals surface area contributed by atoms with Crippen molar-refractivity contribution in [3.8, 4) is 11.1 Å². The Morgan fingerprint density at radius 2 is 1.55 bits per heavy atom. The Balaban J connectivity index is 1.73. The minimum Gasteiger partial charge on any atom is -0.481 e. The smallest absolute Gasteiger partial charge is 0.407 e. The molecule has 226 valence electrons. The van der Waals surface area contributed by atoms with Crippen molar-refractivity contribution in [3.05, 3.63) is 59.7 Å². The molecule has 0 aliphatic heterocycles. The summed E-state index contributed by atoms with van der Waals surface area (Å²) in [5.74, 6) is -3.00. The maximum Gasteiger partial charge on any atom is 0.407 e. The molecule has 1 aliphatic carbocycles. The van der Waals surface area contributed by atoms with Crippen molar-refractivity contribution in [2.45, 2.75) is 57.5 Å². The summed E-state index contributed by atoms with van der Waals surface area (Å²) >= 11 is 0. The van der Waals surface area contributed by atoms with E-state index in [-0.39, 0.29) is 51.3 Å². The third-order valence-corrected chi connectivity index (χ3v) is 7.28. The molecule has 12 nitrogen and oxygen atoms in total. The summed E-state index contributed by atoms with van der Waals surface area (Å²) in [6, 6.07) is 12.9. The average molecular weight is 582 g/mol. The van der Waals surface area contributed by atoms with E-state index >= 15 is 0 Å². The molecule has 0 unspecified atom stereocenters. The third-order valence-electron chi connectivity index (χ3n) is 7.28. The molecular formula is C30H39N5O7. The predicted octanol–water partition coefficient (Wildman–Crippen LogP) is 2.55. The zero-order valence-corrected chi connectivity index (χ0v) is 23.9. The molecule has 2 aromatic carbocycles. The Hall–Kier alpha value is -4.61. The van der Waals surface area contributed by atoms with Crippen molar-refractivity contribution in [1.82, 2.24) is 15.5 Å². The number of ether oxygens (including phenoxy) is 1. The molecule has 1 aliphatic rings.